The highest BCUT2D eigenvalue weighted by Crippen LogP contribution is 2.36. The average Bonchev–Trinajstić information content (AvgIpc) is 2.81. The molecule has 0 aliphatic heterocycles. The number of amides is 1. The van der Waals surface area contributed by atoms with Crippen LogP contribution in [-0.2, 0) is 25.1 Å². The Morgan fingerprint density at radius 1 is 1.11 bits per heavy atom. The Morgan fingerprint density at radius 2 is 1.75 bits per heavy atom. The minimum atomic E-state index is -4.73. The lowest BCUT2D eigenvalue weighted by molar-refractivity contribution is -0.137. The van der Waals surface area contributed by atoms with Gasteiger partial charge in [0.1, 0.15) is 16.4 Å². The lowest BCUT2D eigenvalue weighted by atomic mass is 10.1. The Kier molecular flexibility index (Phi) is 8.09. The molecule has 1 aromatic heterocycles. The molecule has 190 valence electrons. The maximum Gasteiger partial charge on any atom is 0.418 e. The number of aromatic hydroxyl groups is 1. The van der Waals surface area contributed by atoms with E-state index in [1.54, 1.807) is 0 Å². The van der Waals surface area contributed by atoms with Gasteiger partial charge < -0.3 is 10.4 Å². The van der Waals surface area contributed by atoms with E-state index in [2.05, 4.69) is 26.2 Å². The van der Waals surface area contributed by atoms with Gasteiger partial charge in [0.2, 0.25) is 11.8 Å². The Hall–Kier alpha value is -3.39. The van der Waals surface area contributed by atoms with Gasteiger partial charge >= 0.3 is 11.9 Å². The molecule has 3 aromatic rings. The molecule has 0 unspecified atom stereocenters. The van der Waals surface area contributed by atoms with Gasteiger partial charge in [0, 0.05) is 18.6 Å². The van der Waals surface area contributed by atoms with Crippen LogP contribution in [0.15, 0.2) is 61.5 Å². The first kappa shape index (κ1) is 27.2. The first-order chi connectivity index (χ1) is 16.8. The molecule has 3 rings (SSSR count). The first-order valence-electron chi connectivity index (χ1n) is 9.92. The third-order valence-electron chi connectivity index (χ3n) is 4.81. The van der Waals surface area contributed by atoms with Crippen LogP contribution >= 0.6 is 27.7 Å². The summed E-state index contributed by atoms with van der Waals surface area (Å²) in [5.41, 5.74) is -3.55. The molecule has 0 saturated heterocycles. The van der Waals surface area contributed by atoms with Crippen molar-refractivity contribution >= 4 is 50.0 Å². The summed E-state index contributed by atoms with van der Waals surface area (Å²) in [6, 6.07) is 7.96. The highest BCUT2D eigenvalue weighted by atomic mass is 79.9. The molecule has 1 amide bonds. The van der Waals surface area contributed by atoms with Gasteiger partial charge in [0.25, 0.3) is 5.56 Å². The van der Waals surface area contributed by atoms with Gasteiger partial charge in [0.15, 0.2) is 0 Å². The number of hydrogen-bond donors (Lipinski definition) is 2. The number of rotatable bonds is 5. The van der Waals surface area contributed by atoms with Crippen molar-refractivity contribution in [1.82, 2.24) is 9.13 Å². The number of hydrogen-bond acceptors (Lipinski definition) is 6. The molecule has 0 saturated carbocycles. The third-order valence-corrected chi connectivity index (χ3v) is 6.27. The molecule has 0 radical (unpaired) electrons. The Labute approximate surface area is 213 Å². The van der Waals surface area contributed by atoms with E-state index in [0.29, 0.717) is 16.3 Å². The van der Waals surface area contributed by atoms with E-state index in [1.807, 2.05) is 0 Å². The van der Waals surface area contributed by atoms with Crippen molar-refractivity contribution < 1.29 is 27.5 Å². The summed E-state index contributed by atoms with van der Waals surface area (Å²) in [4.78, 5) is 41.6. The predicted octanol–water partition coefficient (Wildman–Crippen LogP) is 4.16. The maximum atomic E-state index is 13.4. The quantitative estimate of drug-likeness (QED) is 0.264. The summed E-state index contributed by atoms with van der Waals surface area (Å²) in [7, 11) is 2.38. The molecule has 36 heavy (non-hydrogen) atoms. The average molecular weight is 589 g/mol. The molecule has 0 fully saturated rings. The van der Waals surface area contributed by atoms with Crippen LogP contribution in [0.1, 0.15) is 11.1 Å². The van der Waals surface area contributed by atoms with Crippen LogP contribution in [0.4, 0.5) is 28.9 Å². The molecule has 2 N–H and O–H groups in total. The fourth-order valence-electron chi connectivity index (χ4n) is 2.99. The number of carbonyl (C=O) groups excluding carboxylic acids is 1. The molecule has 0 aliphatic rings. The van der Waals surface area contributed by atoms with Crippen LogP contribution in [0.2, 0.25) is 0 Å². The number of aromatic nitrogens is 2. The van der Waals surface area contributed by atoms with Crippen LogP contribution in [0, 0.1) is 5.82 Å². The van der Waals surface area contributed by atoms with Crippen molar-refractivity contribution in [2.75, 3.05) is 11.1 Å². The smallest absolute Gasteiger partial charge is 0.418 e. The van der Waals surface area contributed by atoms with E-state index in [-0.39, 0.29) is 15.2 Å². The van der Waals surface area contributed by atoms with Gasteiger partial charge in [-0.2, -0.15) is 13.2 Å². The second-order valence-corrected chi connectivity index (χ2v) is 9.20. The van der Waals surface area contributed by atoms with E-state index in [0.717, 1.165) is 28.8 Å². The summed E-state index contributed by atoms with van der Waals surface area (Å²) >= 11 is 3.60. The summed E-state index contributed by atoms with van der Waals surface area (Å²) < 4.78 is 55.1. The number of nitrogens with one attached hydrogen (secondary N) is 1. The second kappa shape index (κ2) is 10.7. The van der Waals surface area contributed by atoms with Gasteiger partial charge in [-0.25, -0.2) is 14.2 Å². The molecule has 8 nitrogen and oxygen atoms in total. The van der Waals surface area contributed by atoms with Gasteiger partial charge in [-0.3, -0.25) is 18.7 Å². The number of halogens is 5. The molecule has 0 bridgehead atoms. The minimum absolute atomic E-state index is 0.155. The fraction of sp³-hybridized carbons (Fsp3) is 0.182. The van der Waals surface area contributed by atoms with E-state index in [1.165, 1.54) is 32.3 Å². The molecule has 0 aliphatic carbocycles. The predicted molar refractivity (Wildman–Crippen MR) is 131 cm³/mol. The van der Waals surface area contributed by atoms with Crippen LogP contribution in [-0.4, -0.2) is 30.9 Å². The van der Waals surface area contributed by atoms with Crippen molar-refractivity contribution in [3.8, 4) is 5.88 Å². The fourth-order valence-corrected chi connectivity index (χ4v) is 4.19. The van der Waals surface area contributed by atoms with Crippen LogP contribution in [0.3, 0.4) is 0 Å². The number of anilines is 1. The normalized spacial score (nSPS) is 12.0. The van der Waals surface area contributed by atoms with Crippen molar-refractivity contribution in [2.24, 2.45) is 19.1 Å². The topological polar surface area (TPSA) is 106 Å². The Morgan fingerprint density at radius 3 is 2.36 bits per heavy atom. The van der Waals surface area contributed by atoms with Crippen molar-refractivity contribution in [1.29, 1.82) is 0 Å². The summed E-state index contributed by atoms with van der Waals surface area (Å²) in [5.74, 6) is -2.66. The van der Waals surface area contributed by atoms with Crippen LogP contribution < -0.4 is 16.6 Å². The number of carbonyl (C=O) groups is 1. The SMILES string of the molecule is Cn1c(O)c(C(=Nc2ccc(F)cc2)SCC(=O)Nc2ccc(Br)cc2C(F)(F)F)c(=O)n(C)c1=O. The Bertz CT molecular complexity index is 1470. The van der Waals surface area contributed by atoms with Gasteiger partial charge in [0.05, 0.1) is 22.7 Å². The molecule has 14 heteroatoms. The van der Waals surface area contributed by atoms with E-state index >= 15 is 0 Å². The lowest BCUT2D eigenvalue weighted by Gasteiger charge is -2.15. The van der Waals surface area contributed by atoms with Gasteiger partial charge in [-0.1, -0.05) is 27.7 Å². The number of benzene rings is 2. The zero-order valence-electron chi connectivity index (χ0n) is 18.6. The third kappa shape index (κ3) is 6.05. The summed E-state index contributed by atoms with van der Waals surface area (Å²) in [5, 5.41) is 12.5. The van der Waals surface area contributed by atoms with E-state index in [9.17, 15) is 37.1 Å². The largest absolute Gasteiger partial charge is 0.494 e. The molecule has 1 heterocycles. The molecular weight excluding hydrogens is 572 g/mol. The number of nitrogens with zero attached hydrogens (tertiary/aromatic N) is 3. The number of alkyl halides is 3. The summed E-state index contributed by atoms with van der Waals surface area (Å²) in [6.07, 6.45) is -4.73. The number of aliphatic imine (C=N–C) groups is 1. The standard InChI is InChI=1S/C22H17BrF4N4O4S/c1-30-19(33)17(20(34)31(2)21(30)35)18(28-13-6-4-12(24)5-7-13)36-10-16(32)29-15-8-3-11(23)9-14(15)22(25,26)27/h3-9,33H,10H2,1-2H3,(H,29,32). The monoisotopic (exact) mass is 588 g/mol. The second-order valence-electron chi connectivity index (χ2n) is 7.32. The molecule has 2 aromatic carbocycles. The minimum Gasteiger partial charge on any atom is -0.494 e. The zero-order chi connectivity index (χ0) is 26.8. The van der Waals surface area contributed by atoms with E-state index < -0.39 is 57.6 Å². The van der Waals surface area contributed by atoms with Crippen LogP contribution in [0.5, 0.6) is 5.88 Å². The van der Waals surface area contributed by atoms with Crippen LogP contribution in [0.25, 0.3) is 0 Å². The molecule has 0 spiro atoms. The van der Waals surface area contributed by atoms with Gasteiger partial charge in [-0.15, -0.1) is 0 Å². The highest BCUT2D eigenvalue weighted by molar-refractivity contribution is 9.10. The zero-order valence-corrected chi connectivity index (χ0v) is 21.0. The number of thioether (sulfide) groups is 1. The van der Waals surface area contributed by atoms with E-state index in [4.69, 9.17) is 0 Å². The lowest BCUT2D eigenvalue weighted by Crippen LogP contribution is -2.39. The summed E-state index contributed by atoms with van der Waals surface area (Å²) in [6.45, 7) is 0. The van der Waals surface area contributed by atoms with Gasteiger partial charge in [-0.05, 0) is 42.5 Å². The van der Waals surface area contributed by atoms with Crippen molar-refractivity contribution in [3.63, 3.8) is 0 Å². The van der Waals surface area contributed by atoms with Crippen molar-refractivity contribution in [3.05, 3.63) is 84.7 Å². The molecular formula is C22H17BrF4N4O4S. The maximum absolute atomic E-state index is 13.4. The highest BCUT2D eigenvalue weighted by Gasteiger charge is 2.34. The Balaban J connectivity index is 1.98. The first-order valence-corrected chi connectivity index (χ1v) is 11.7. The van der Waals surface area contributed by atoms with Crippen molar-refractivity contribution in [2.45, 2.75) is 6.18 Å². The molecule has 0 atom stereocenters.